The van der Waals surface area contributed by atoms with Gasteiger partial charge < -0.3 is 15.9 Å². The zero-order valence-electron chi connectivity index (χ0n) is 13.6. The van der Waals surface area contributed by atoms with E-state index in [0.29, 0.717) is 13.2 Å². The number of unbranched alkanes of at least 4 members (excludes halogenated alkanes) is 3. The largest absolute Gasteiger partial charge is 0.396 e. The standard InChI is InChI=1S/C20H27NO2/c21-15-17-8-12-19(13-9-17)20(23)18-10-6-16(7-11-18)5-3-1-2-4-14-22/h6-13,20,22-23H,1-5,14-15,21H2. The summed E-state index contributed by atoms with van der Waals surface area (Å²) in [6.07, 6.45) is 4.73. The summed E-state index contributed by atoms with van der Waals surface area (Å²) in [6, 6.07) is 16.0. The van der Waals surface area contributed by atoms with E-state index in [1.807, 2.05) is 36.4 Å². The highest BCUT2D eigenvalue weighted by molar-refractivity contribution is 5.33. The van der Waals surface area contributed by atoms with Crippen molar-refractivity contribution in [1.29, 1.82) is 0 Å². The molecular weight excluding hydrogens is 286 g/mol. The van der Waals surface area contributed by atoms with Crippen molar-refractivity contribution >= 4 is 0 Å². The number of aliphatic hydroxyl groups excluding tert-OH is 2. The third kappa shape index (κ3) is 5.47. The van der Waals surface area contributed by atoms with Crippen molar-refractivity contribution in [3.8, 4) is 0 Å². The minimum Gasteiger partial charge on any atom is -0.396 e. The lowest BCUT2D eigenvalue weighted by atomic mass is 9.98. The number of aryl methyl sites for hydroxylation is 1. The molecule has 0 aromatic heterocycles. The highest BCUT2D eigenvalue weighted by Crippen LogP contribution is 2.23. The Bertz CT molecular complexity index is 563. The zero-order valence-corrected chi connectivity index (χ0v) is 13.6. The summed E-state index contributed by atoms with van der Waals surface area (Å²) in [4.78, 5) is 0. The lowest BCUT2D eigenvalue weighted by Crippen LogP contribution is -2.01. The minimum absolute atomic E-state index is 0.291. The van der Waals surface area contributed by atoms with Gasteiger partial charge in [-0.3, -0.25) is 0 Å². The molecule has 1 unspecified atom stereocenters. The molecule has 0 fully saturated rings. The molecule has 0 aliphatic heterocycles. The molecule has 0 spiro atoms. The third-order valence-electron chi connectivity index (χ3n) is 4.20. The lowest BCUT2D eigenvalue weighted by Gasteiger charge is -2.13. The normalized spacial score (nSPS) is 12.3. The highest BCUT2D eigenvalue weighted by atomic mass is 16.3. The van der Waals surface area contributed by atoms with E-state index in [9.17, 15) is 5.11 Å². The Morgan fingerprint density at radius 1 is 0.739 bits per heavy atom. The van der Waals surface area contributed by atoms with Crippen LogP contribution in [0.4, 0.5) is 0 Å². The van der Waals surface area contributed by atoms with E-state index >= 15 is 0 Å². The topological polar surface area (TPSA) is 66.5 Å². The SMILES string of the molecule is NCc1ccc(C(O)c2ccc(CCCCCCO)cc2)cc1. The van der Waals surface area contributed by atoms with Gasteiger partial charge in [0.2, 0.25) is 0 Å². The molecule has 0 amide bonds. The summed E-state index contributed by atoms with van der Waals surface area (Å²) in [6.45, 7) is 0.808. The predicted molar refractivity (Wildman–Crippen MR) is 94.1 cm³/mol. The van der Waals surface area contributed by atoms with E-state index in [2.05, 4.69) is 12.1 Å². The van der Waals surface area contributed by atoms with E-state index in [1.165, 1.54) is 5.56 Å². The fourth-order valence-electron chi connectivity index (χ4n) is 2.69. The fraction of sp³-hybridized carbons (Fsp3) is 0.400. The highest BCUT2D eigenvalue weighted by Gasteiger charge is 2.10. The molecular formula is C20H27NO2. The van der Waals surface area contributed by atoms with Gasteiger partial charge in [0.05, 0.1) is 0 Å². The Morgan fingerprint density at radius 3 is 1.78 bits per heavy atom. The van der Waals surface area contributed by atoms with Crippen LogP contribution in [0.25, 0.3) is 0 Å². The summed E-state index contributed by atoms with van der Waals surface area (Å²) in [5, 5.41) is 19.2. The molecule has 23 heavy (non-hydrogen) atoms. The maximum atomic E-state index is 10.5. The van der Waals surface area contributed by atoms with Gasteiger partial charge in [-0.2, -0.15) is 0 Å². The van der Waals surface area contributed by atoms with Crippen molar-refractivity contribution in [2.75, 3.05) is 6.61 Å². The molecule has 3 heteroatoms. The predicted octanol–water partition coefficient (Wildman–Crippen LogP) is 3.32. The van der Waals surface area contributed by atoms with Crippen LogP contribution in [0.1, 0.15) is 54.0 Å². The number of aliphatic hydroxyl groups is 2. The van der Waals surface area contributed by atoms with Crippen LogP contribution in [0.2, 0.25) is 0 Å². The molecule has 124 valence electrons. The maximum Gasteiger partial charge on any atom is 0.104 e. The molecule has 0 bridgehead atoms. The first kappa shape index (κ1) is 17.7. The van der Waals surface area contributed by atoms with Crippen LogP contribution in [0.15, 0.2) is 48.5 Å². The fourth-order valence-corrected chi connectivity index (χ4v) is 2.69. The Balaban J connectivity index is 1.90. The molecule has 1 atom stereocenters. The monoisotopic (exact) mass is 313 g/mol. The lowest BCUT2D eigenvalue weighted by molar-refractivity contribution is 0.220. The van der Waals surface area contributed by atoms with Gasteiger partial charge in [-0.15, -0.1) is 0 Å². The first-order chi connectivity index (χ1) is 11.2. The van der Waals surface area contributed by atoms with Gasteiger partial charge in [0.25, 0.3) is 0 Å². The zero-order chi connectivity index (χ0) is 16.5. The van der Waals surface area contributed by atoms with Crippen molar-refractivity contribution in [2.24, 2.45) is 5.73 Å². The van der Waals surface area contributed by atoms with E-state index in [-0.39, 0.29) is 0 Å². The maximum absolute atomic E-state index is 10.5. The summed E-state index contributed by atoms with van der Waals surface area (Å²) in [5.41, 5.74) is 9.76. The van der Waals surface area contributed by atoms with Crippen molar-refractivity contribution in [1.82, 2.24) is 0 Å². The molecule has 3 nitrogen and oxygen atoms in total. The third-order valence-corrected chi connectivity index (χ3v) is 4.20. The van der Waals surface area contributed by atoms with Gasteiger partial charge in [0.15, 0.2) is 0 Å². The van der Waals surface area contributed by atoms with Gasteiger partial charge in [0, 0.05) is 13.2 Å². The van der Waals surface area contributed by atoms with Crippen molar-refractivity contribution in [3.63, 3.8) is 0 Å². The van der Waals surface area contributed by atoms with Crippen molar-refractivity contribution in [3.05, 3.63) is 70.8 Å². The van der Waals surface area contributed by atoms with Crippen LogP contribution in [0, 0.1) is 0 Å². The minimum atomic E-state index is -0.597. The molecule has 0 aliphatic carbocycles. The van der Waals surface area contributed by atoms with Gasteiger partial charge in [-0.1, -0.05) is 61.4 Å². The molecule has 0 aliphatic rings. The molecule has 0 radical (unpaired) electrons. The number of nitrogens with two attached hydrogens (primary N) is 1. The molecule has 2 rings (SSSR count). The number of hydrogen-bond donors (Lipinski definition) is 3. The number of benzene rings is 2. The first-order valence-corrected chi connectivity index (χ1v) is 8.41. The van der Waals surface area contributed by atoms with Crippen molar-refractivity contribution < 1.29 is 10.2 Å². The molecule has 0 heterocycles. The summed E-state index contributed by atoms with van der Waals surface area (Å²) >= 11 is 0. The van der Waals surface area contributed by atoms with Crippen LogP contribution in [0.5, 0.6) is 0 Å². The van der Waals surface area contributed by atoms with Crippen LogP contribution in [-0.2, 0) is 13.0 Å². The van der Waals surface area contributed by atoms with Gasteiger partial charge >= 0.3 is 0 Å². The van der Waals surface area contributed by atoms with Crippen LogP contribution in [0.3, 0.4) is 0 Å². The smallest absolute Gasteiger partial charge is 0.104 e. The van der Waals surface area contributed by atoms with Gasteiger partial charge in [0.1, 0.15) is 6.10 Å². The molecule has 4 N–H and O–H groups in total. The molecule has 2 aromatic carbocycles. The van der Waals surface area contributed by atoms with E-state index < -0.39 is 6.10 Å². The number of rotatable bonds is 9. The second-order valence-corrected chi connectivity index (χ2v) is 5.98. The summed E-state index contributed by atoms with van der Waals surface area (Å²) < 4.78 is 0. The summed E-state index contributed by atoms with van der Waals surface area (Å²) in [5.74, 6) is 0. The Morgan fingerprint density at radius 2 is 1.26 bits per heavy atom. The van der Waals surface area contributed by atoms with Crippen LogP contribution in [-0.4, -0.2) is 16.8 Å². The Kier molecular flexibility index (Phi) is 7.27. The van der Waals surface area contributed by atoms with Crippen LogP contribution >= 0.6 is 0 Å². The Labute approximate surface area is 138 Å². The molecule has 2 aromatic rings. The average Bonchev–Trinajstić information content (AvgIpc) is 2.61. The first-order valence-electron chi connectivity index (χ1n) is 8.41. The second-order valence-electron chi connectivity index (χ2n) is 5.98. The second kappa shape index (κ2) is 9.46. The number of hydrogen-bond acceptors (Lipinski definition) is 3. The van der Waals surface area contributed by atoms with Gasteiger partial charge in [-0.05, 0) is 41.5 Å². The van der Waals surface area contributed by atoms with Crippen molar-refractivity contribution in [2.45, 2.75) is 44.8 Å². The quantitative estimate of drug-likeness (QED) is 0.622. The average molecular weight is 313 g/mol. The van der Waals surface area contributed by atoms with Gasteiger partial charge in [-0.25, -0.2) is 0 Å². The summed E-state index contributed by atoms with van der Waals surface area (Å²) in [7, 11) is 0. The van der Waals surface area contributed by atoms with E-state index in [0.717, 1.165) is 48.8 Å². The van der Waals surface area contributed by atoms with E-state index in [4.69, 9.17) is 10.8 Å². The molecule has 0 saturated carbocycles. The molecule has 0 saturated heterocycles. The van der Waals surface area contributed by atoms with E-state index in [1.54, 1.807) is 0 Å². The Hall–Kier alpha value is -1.68. The van der Waals surface area contributed by atoms with Crippen LogP contribution < -0.4 is 5.73 Å².